The molecule has 0 radical (unpaired) electrons. The van der Waals surface area contributed by atoms with Crippen molar-refractivity contribution < 1.29 is 18.0 Å². The van der Waals surface area contributed by atoms with Crippen LogP contribution in [0.4, 0.5) is 13.2 Å². The summed E-state index contributed by atoms with van der Waals surface area (Å²) in [7, 11) is 1.43. The molecule has 9 heteroatoms. The number of amides is 1. The van der Waals surface area contributed by atoms with Crippen LogP contribution < -0.4 is 5.32 Å². The minimum atomic E-state index is -4.47. The number of hydrogen-bond acceptors (Lipinski definition) is 4. The molecule has 1 fully saturated rings. The monoisotopic (exact) mass is 392 g/mol. The lowest BCUT2D eigenvalue weighted by molar-refractivity contribution is -0.137. The van der Waals surface area contributed by atoms with Gasteiger partial charge in [0.2, 0.25) is 5.91 Å². The molecule has 1 aliphatic heterocycles. The smallest absolute Gasteiger partial charge is 0.345 e. The topological polar surface area (TPSA) is 80.0 Å². The number of guanidine groups is 1. The molecule has 1 saturated heterocycles. The van der Waals surface area contributed by atoms with E-state index in [0.717, 1.165) is 17.0 Å². The third kappa shape index (κ3) is 3.17. The van der Waals surface area contributed by atoms with Crippen molar-refractivity contribution in [1.29, 1.82) is 10.7 Å². The van der Waals surface area contributed by atoms with Gasteiger partial charge >= 0.3 is 6.18 Å². The van der Waals surface area contributed by atoms with Crippen molar-refractivity contribution in [2.75, 3.05) is 7.05 Å². The van der Waals surface area contributed by atoms with Crippen LogP contribution in [-0.4, -0.2) is 23.8 Å². The number of nitriles is 1. The first kappa shape index (κ1) is 18.9. The maximum absolute atomic E-state index is 12.9. The molecule has 0 saturated carbocycles. The van der Waals surface area contributed by atoms with Crippen LogP contribution >= 0.6 is 11.3 Å². The Hall–Kier alpha value is -2.86. The molecule has 27 heavy (non-hydrogen) atoms. The van der Waals surface area contributed by atoms with Crippen LogP contribution in [0.3, 0.4) is 0 Å². The Labute approximate surface area is 157 Å². The molecule has 2 heterocycles. The van der Waals surface area contributed by atoms with Crippen molar-refractivity contribution in [1.82, 2.24) is 10.2 Å². The van der Waals surface area contributed by atoms with Crippen LogP contribution in [-0.2, 0) is 16.5 Å². The van der Waals surface area contributed by atoms with Crippen molar-refractivity contribution in [3.8, 4) is 6.07 Å². The zero-order chi connectivity index (χ0) is 20.0. The molecule has 0 aliphatic carbocycles. The third-order valence-electron chi connectivity index (χ3n) is 4.67. The van der Waals surface area contributed by atoms with Gasteiger partial charge in [0.15, 0.2) is 5.96 Å². The van der Waals surface area contributed by atoms with Gasteiger partial charge in [-0.3, -0.25) is 15.1 Å². The Morgan fingerprint density at radius 2 is 1.89 bits per heavy atom. The first-order valence-corrected chi connectivity index (χ1v) is 8.71. The highest BCUT2D eigenvalue weighted by molar-refractivity contribution is 7.12. The first-order valence-electron chi connectivity index (χ1n) is 7.90. The van der Waals surface area contributed by atoms with Crippen LogP contribution in [0.15, 0.2) is 36.4 Å². The fourth-order valence-corrected chi connectivity index (χ4v) is 4.11. The summed E-state index contributed by atoms with van der Waals surface area (Å²) >= 11 is 1.18. The Balaban J connectivity index is 2.11. The highest BCUT2D eigenvalue weighted by Gasteiger charge is 2.49. The summed E-state index contributed by atoms with van der Waals surface area (Å²) in [5, 5.41) is 20.1. The van der Waals surface area contributed by atoms with E-state index in [4.69, 9.17) is 10.7 Å². The molecule has 5 nitrogen and oxygen atoms in total. The minimum Gasteiger partial charge on any atom is -0.345 e. The number of carbonyl (C=O) groups excluding carboxylic acids is 1. The van der Waals surface area contributed by atoms with Crippen LogP contribution in [0.5, 0.6) is 0 Å². The molecule has 1 aromatic heterocycles. The van der Waals surface area contributed by atoms with E-state index in [0.29, 0.717) is 15.3 Å². The molecule has 0 spiro atoms. The number of rotatable bonds is 2. The van der Waals surface area contributed by atoms with Gasteiger partial charge in [0, 0.05) is 11.9 Å². The van der Waals surface area contributed by atoms with Gasteiger partial charge in [-0.05, 0) is 36.8 Å². The Bertz CT molecular complexity index is 945. The number of nitrogens with zero attached hydrogens (tertiary/aromatic N) is 2. The van der Waals surface area contributed by atoms with Crippen molar-refractivity contribution in [2.24, 2.45) is 0 Å². The molecule has 1 aliphatic rings. The van der Waals surface area contributed by atoms with Gasteiger partial charge in [0.05, 0.1) is 17.0 Å². The van der Waals surface area contributed by atoms with Gasteiger partial charge in [-0.1, -0.05) is 12.1 Å². The van der Waals surface area contributed by atoms with Crippen molar-refractivity contribution in [3.63, 3.8) is 0 Å². The number of nitrogens with one attached hydrogen (secondary N) is 2. The highest BCUT2D eigenvalue weighted by atomic mass is 32.1. The Morgan fingerprint density at radius 1 is 1.26 bits per heavy atom. The van der Waals surface area contributed by atoms with Crippen molar-refractivity contribution in [3.05, 3.63) is 57.3 Å². The van der Waals surface area contributed by atoms with Crippen LogP contribution in [0.2, 0.25) is 0 Å². The van der Waals surface area contributed by atoms with E-state index >= 15 is 0 Å². The number of thiophene rings is 1. The second-order valence-corrected chi connectivity index (χ2v) is 7.49. The minimum absolute atomic E-state index is 0.113. The Morgan fingerprint density at radius 3 is 2.41 bits per heavy atom. The number of benzene rings is 1. The molecule has 2 aromatic rings. The van der Waals surface area contributed by atoms with Gasteiger partial charge in [-0.2, -0.15) is 18.4 Å². The fraction of sp³-hybridized carbons (Fsp3) is 0.278. The van der Waals surface area contributed by atoms with E-state index in [1.807, 2.05) is 6.07 Å². The predicted octanol–water partition coefficient (Wildman–Crippen LogP) is 3.63. The van der Waals surface area contributed by atoms with Crippen LogP contribution in [0.1, 0.15) is 33.7 Å². The molecular weight excluding hydrogens is 377 g/mol. The molecule has 1 amide bonds. The number of halogens is 3. The lowest BCUT2D eigenvalue weighted by atomic mass is 9.77. The zero-order valence-corrected chi connectivity index (χ0v) is 15.2. The molecule has 140 valence electrons. The van der Waals surface area contributed by atoms with Crippen molar-refractivity contribution >= 4 is 23.2 Å². The summed E-state index contributed by atoms with van der Waals surface area (Å²) in [6.07, 6.45) is -4.47. The van der Waals surface area contributed by atoms with E-state index in [9.17, 15) is 18.0 Å². The lowest BCUT2D eigenvalue weighted by Crippen LogP contribution is -2.62. The van der Waals surface area contributed by atoms with E-state index < -0.39 is 29.1 Å². The van der Waals surface area contributed by atoms with E-state index in [1.165, 1.54) is 30.5 Å². The molecular formula is C18H15F3N4OS. The standard InChI is InChI=1S/C18H15F3N4OS/c1-17(13-8-7-12(9-22)27-13)14(15(26)25(2)16(23)24-17)10-3-5-11(6-4-10)18(19,20)21/h3-8,14H,1-2H3,(H2,23,24)/t14-,17-/m1/s1. The second-order valence-electron chi connectivity index (χ2n) is 6.40. The number of likely N-dealkylation sites (N-methyl/N-ethyl adjacent to an activating group) is 1. The number of alkyl halides is 3. The zero-order valence-electron chi connectivity index (χ0n) is 14.4. The second kappa shape index (κ2) is 6.39. The van der Waals surface area contributed by atoms with Gasteiger partial charge in [0.25, 0.3) is 0 Å². The summed E-state index contributed by atoms with van der Waals surface area (Å²) < 4.78 is 38.6. The summed E-state index contributed by atoms with van der Waals surface area (Å²) in [6.45, 7) is 1.71. The molecule has 2 atom stereocenters. The average molecular weight is 392 g/mol. The SMILES string of the molecule is CN1C(=N)N[C@](C)(c2ccc(C#N)s2)[C@H](c2ccc(C(F)(F)F)cc2)C1=O. The molecule has 0 bridgehead atoms. The molecule has 1 aromatic carbocycles. The van der Waals surface area contributed by atoms with Gasteiger partial charge in [-0.15, -0.1) is 11.3 Å². The summed E-state index contributed by atoms with van der Waals surface area (Å²) in [6, 6.07) is 9.79. The lowest BCUT2D eigenvalue weighted by Gasteiger charge is -2.45. The molecule has 3 rings (SSSR count). The normalized spacial score (nSPS) is 23.1. The van der Waals surface area contributed by atoms with Gasteiger partial charge in [-0.25, -0.2) is 0 Å². The Kier molecular flexibility index (Phi) is 4.48. The largest absolute Gasteiger partial charge is 0.416 e. The maximum Gasteiger partial charge on any atom is 0.416 e. The van der Waals surface area contributed by atoms with Crippen molar-refractivity contribution in [2.45, 2.75) is 24.6 Å². The number of hydrogen-bond donors (Lipinski definition) is 2. The quantitative estimate of drug-likeness (QED) is 0.819. The fourth-order valence-electron chi connectivity index (χ4n) is 3.17. The third-order valence-corrected chi connectivity index (χ3v) is 5.90. The van der Waals surface area contributed by atoms with E-state index in [2.05, 4.69) is 5.32 Å². The highest BCUT2D eigenvalue weighted by Crippen LogP contribution is 2.43. The molecule has 2 N–H and O–H groups in total. The van der Waals surface area contributed by atoms with Gasteiger partial charge < -0.3 is 5.32 Å². The average Bonchev–Trinajstić information content (AvgIpc) is 3.09. The maximum atomic E-state index is 12.9. The van der Waals surface area contributed by atoms with Crippen LogP contribution in [0, 0.1) is 16.7 Å². The molecule has 0 unspecified atom stereocenters. The first-order chi connectivity index (χ1) is 12.6. The summed E-state index contributed by atoms with van der Waals surface area (Å²) in [4.78, 5) is 15.2. The summed E-state index contributed by atoms with van der Waals surface area (Å²) in [5.41, 5.74) is -1.47. The van der Waals surface area contributed by atoms with E-state index in [1.54, 1.807) is 19.1 Å². The van der Waals surface area contributed by atoms with Crippen LogP contribution in [0.25, 0.3) is 0 Å². The van der Waals surface area contributed by atoms with Gasteiger partial charge in [0.1, 0.15) is 10.9 Å². The predicted molar refractivity (Wildman–Crippen MR) is 94.2 cm³/mol. The summed E-state index contributed by atoms with van der Waals surface area (Å²) in [5.74, 6) is -1.38. The number of carbonyl (C=O) groups is 1. The van der Waals surface area contributed by atoms with E-state index in [-0.39, 0.29) is 5.96 Å².